The first-order chi connectivity index (χ1) is 12.5. The van der Waals surface area contributed by atoms with Crippen molar-refractivity contribution in [1.82, 2.24) is 0 Å². The van der Waals surface area contributed by atoms with Gasteiger partial charge >= 0.3 is 5.97 Å². The summed E-state index contributed by atoms with van der Waals surface area (Å²) in [6, 6.07) is 18.5. The van der Waals surface area contributed by atoms with Crippen molar-refractivity contribution < 1.29 is 9.53 Å². The third-order valence-electron chi connectivity index (χ3n) is 4.82. The molecule has 0 atom stereocenters. The molecule has 0 saturated carbocycles. The summed E-state index contributed by atoms with van der Waals surface area (Å²) in [5.74, 6) is -0.278. The molecule has 0 spiro atoms. The topological polar surface area (TPSA) is 26.3 Å². The van der Waals surface area contributed by atoms with Gasteiger partial charge in [0.25, 0.3) is 0 Å². The SMILES string of the molecule is CCOC(=O)c1ccc(/C=C(/C)c2ccc3ccc(C)c(C)c3c2)cc1. The molecular weight excluding hydrogens is 320 g/mol. The number of hydrogen-bond acceptors (Lipinski definition) is 2. The zero-order valence-corrected chi connectivity index (χ0v) is 15.8. The maximum Gasteiger partial charge on any atom is 0.338 e. The molecule has 0 aliphatic rings. The molecule has 26 heavy (non-hydrogen) atoms. The smallest absolute Gasteiger partial charge is 0.338 e. The van der Waals surface area contributed by atoms with Crippen molar-refractivity contribution in [3.63, 3.8) is 0 Å². The highest BCUT2D eigenvalue weighted by molar-refractivity contribution is 5.92. The zero-order valence-electron chi connectivity index (χ0n) is 15.8. The summed E-state index contributed by atoms with van der Waals surface area (Å²) in [5.41, 5.74) is 6.69. The first kappa shape index (κ1) is 17.9. The second-order valence-corrected chi connectivity index (χ2v) is 6.61. The minimum atomic E-state index is -0.278. The quantitative estimate of drug-likeness (QED) is 0.416. The van der Waals surface area contributed by atoms with Crippen molar-refractivity contribution in [3.05, 3.63) is 82.4 Å². The number of ether oxygens (including phenoxy) is 1. The lowest BCUT2D eigenvalue weighted by molar-refractivity contribution is 0.0526. The van der Waals surface area contributed by atoms with E-state index >= 15 is 0 Å². The van der Waals surface area contributed by atoms with Crippen molar-refractivity contribution in [2.24, 2.45) is 0 Å². The Bertz CT molecular complexity index is 979. The molecule has 2 nitrogen and oxygen atoms in total. The molecule has 132 valence electrons. The van der Waals surface area contributed by atoms with E-state index in [1.807, 2.05) is 31.2 Å². The number of carbonyl (C=O) groups excluding carboxylic acids is 1. The number of allylic oxidation sites excluding steroid dienone is 1. The molecule has 0 radical (unpaired) electrons. The Balaban J connectivity index is 1.91. The average Bonchev–Trinajstić information content (AvgIpc) is 2.65. The predicted molar refractivity (Wildman–Crippen MR) is 109 cm³/mol. The fourth-order valence-corrected chi connectivity index (χ4v) is 3.09. The van der Waals surface area contributed by atoms with Crippen LogP contribution in [-0.4, -0.2) is 12.6 Å². The first-order valence-corrected chi connectivity index (χ1v) is 8.95. The average molecular weight is 344 g/mol. The van der Waals surface area contributed by atoms with Crippen LogP contribution in [-0.2, 0) is 4.74 Å². The maximum absolute atomic E-state index is 11.7. The Hall–Kier alpha value is -2.87. The Morgan fingerprint density at radius 2 is 1.62 bits per heavy atom. The van der Waals surface area contributed by atoms with Gasteiger partial charge in [-0.2, -0.15) is 0 Å². The minimum Gasteiger partial charge on any atom is -0.462 e. The van der Waals surface area contributed by atoms with Crippen LogP contribution in [0.15, 0.2) is 54.6 Å². The van der Waals surface area contributed by atoms with Gasteiger partial charge in [-0.05, 0) is 84.5 Å². The molecule has 0 bridgehead atoms. The normalized spacial score (nSPS) is 11.6. The molecular formula is C24H24O2. The Kier molecular flexibility index (Phi) is 5.22. The molecule has 3 aromatic carbocycles. The number of esters is 1. The monoisotopic (exact) mass is 344 g/mol. The van der Waals surface area contributed by atoms with Gasteiger partial charge in [0.1, 0.15) is 0 Å². The lowest BCUT2D eigenvalue weighted by atomic mass is 9.96. The van der Waals surface area contributed by atoms with Gasteiger partial charge in [0, 0.05) is 0 Å². The molecule has 3 rings (SSSR count). The molecule has 0 amide bonds. The van der Waals surface area contributed by atoms with Gasteiger partial charge in [-0.3, -0.25) is 0 Å². The molecule has 0 aliphatic heterocycles. The number of carbonyl (C=O) groups is 1. The highest BCUT2D eigenvalue weighted by Gasteiger charge is 2.06. The van der Waals surface area contributed by atoms with E-state index in [0.29, 0.717) is 12.2 Å². The number of hydrogen-bond donors (Lipinski definition) is 0. The maximum atomic E-state index is 11.7. The largest absolute Gasteiger partial charge is 0.462 e. The molecule has 0 saturated heterocycles. The van der Waals surface area contributed by atoms with Crippen molar-refractivity contribution in [2.75, 3.05) is 6.61 Å². The van der Waals surface area contributed by atoms with Gasteiger partial charge in [-0.15, -0.1) is 0 Å². The summed E-state index contributed by atoms with van der Waals surface area (Å²) in [4.78, 5) is 11.7. The molecule has 0 unspecified atom stereocenters. The second-order valence-electron chi connectivity index (χ2n) is 6.61. The van der Waals surface area contributed by atoms with Crippen LogP contribution in [0.4, 0.5) is 0 Å². The second kappa shape index (κ2) is 7.57. The predicted octanol–water partition coefficient (Wildman–Crippen LogP) is 6.19. The Morgan fingerprint density at radius 1 is 0.962 bits per heavy atom. The van der Waals surface area contributed by atoms with Crippen LogP contribution in [0.25, 0.3) is 22.4 Å². The van der Waals surface area contributed by atoms with Crippen molar-refractivity contribution in [1.29, 1.82) is 0 Å². The van der Waals surface area contributed by atoms with E-state index in [4.69, 9.17) is 4.74 Å². The molecule has 3 aromatic rings. The van der Waals surface area contributed by atoms with E-state index in [9.17, 15) is 4.79 Å². The fraction of sp³-hybridized carbons (Fsp3) is 0.208. The van der Waals surface area contributed by atoms with Gasteiger partial charge in [-0.25, -0.2) is 4.79 Å². The van der Waals surface area contributed by atoms with E-state index < -0.39 is 0 Å². The van der Waals surface area contributed by atoms with Gasteiger partial charge in [0.15, 0.2) is 0 Å². The highest BCUT2D eigenvalue weighted by Crippen LogP contribution is 2.26. The molecule has 0 N–H and O–H groups in total. The van der Waals surface area contributed by atoms with Crippen LogP contribution in [0.5, 0.6) is 0 Å². The van der Waals surface area contributed by atoms with Crippen molar-refractivity contribution in [3.8, 4) is 0 Å². The van der Waals surface area contributed by atoms with Crippen LogP contribution >= 0.6 is 0 Å². The van der Waals surface area contributed by atoms with Crippen LogP contribution in [0, 0.1) is 13.8 Å². The van der Waals surface area contributed by atoms with Crippen LogP contribution in [0.2, 0.25) is 0 Å². The summed E-state index contributed by atoms with van der Waals surface area (Å²) in [6.07, 6.45) is 2.14. The molecule has 2 heteroatoms. The molecule has 0 heterocycles. The van der Waals surface area contributed by atoms with E-state index in [1.165, 1.54) is 33.0 Å². The van der Waals surface area contributed by atoms with Crippen LogP contribution in [0.1, 0.15) is 46.5 Å². The number of benzene rings is 3. The van der Waals surface area contributed by atoms with Crippen LogP contribution < -0.4 is 0 Å². The summed E-state index contributed by atoms with van der Waals surface area (Å²) in [6.45, 7) is 8.64. The van der Waals surface area contributed by atoms with Gasteiger partial charge in [0.05, 0.1) is 12.2 Å². The molecule has 0 aromatic heterocycles. The van der Waals surface area contributed by atoms with E-state index in [-0.39, 0.29) is 5.97 Å². The van der Waals surface area contributed by atoms with Gasteiger partial charge < -0.3 is 4.74 Å². The summed E-state index contributed by atoms with van der Waals surface area (Å²) in [7, 11) is 0. The zero-order chi connectivity index (χ0) is 18.7. The van der Waals surface area contributed by atoms with Gasteiger partial charge in [-0.1, -0.05) is 42.5 Å². The van der Waals surface area contributed by atoms with Gasteiger partial charge in [0.2, 0.25) is 0 Å². The third kappa shape index (κ3) is 3.70. The summed E-state index contributed by atoms with van der Waals surface area (Å²) >= 11 is 0. The highest BCUT2D eigenvalue weighted by atomic mass is 16.5. The molecule has 0 aliphatic carbocycles. The third-order valence-corrected chi connectivity index (χ3v) is 4.82. The number of aryl methyl sites for hydroxylation is 2. The van der Waals surface area contributed by atoms with E-state index in [2.05, 4.69) is 57.2 Å². The van der Waals surface area contributed by atoms with Crippen molar-refractivity contribution >= 4 is 28.4 Å². The number of rotatable bonds is 4. The lowest BCUT2D eigenvalue weighted by Crippen LogP contribution is -2.03. The number of fused-ring (bicyclic) bond motifs is 1. The lowest BCUT2D eigenvalue weighted by Gasteiger charge is -2.09. The Morgan fingerprint density at radius 3 is 2.31 bits per heavy atom. The molecule has 0 fully saturated rings. The summed E-state index contributed by atoms with van der Waals surface area (Å²) < 4.78 is 5.03. The van der Waals surface area contributed by atoms with E-state index in [1.54, 1.807) is 0 Å². The fourth-order valence-electron chi connectivity index (χ4n) is 3.09. The standard InChI is InChI=1S/C24H24O2/c1-5-26-24(25)21-10-7-19(8-11-21)14-17(3)22-13-12-20-9-6-16(2)18(4)23(20)15-22/h6-15H,5H2,1-4H3/b17-14-. The van der Waals surface area contributed by atoms with E-state index in [0.717, 1.165) is 5.56 Å². The van der Waals surface area contributed by atoms with Crippen LogP contribution in [0.3, 0.4) is 0 Å². The minimum absolute atomic E-state index is 0.278. The Labute approximate surface area is 155 Å². The van der Waals surface area contributed by atoms with Crippen molar-refractivity contribution in [2.45, 2.75) is 27.7 Å². The summed E-state index contributed by atoms with van der Waals surface area (Å²) in [5, 5.41) is 2.57. The first-order valence-electron chi connectivity index (χ1n) is 8.95.